The molecule has 70 valence electrons. The van der Waals surface area contributed by atoms with Gasteiger partial charge in [0.05, 0.1) is 5.69 Å². The molecule has 0 saturated heterocycles. The molecule has 2 rings (SSSR count). The van der Waals surface area contributed by atoms with Gasteiger partial charge in [0.25, 0.3) is 8.32 Å². The van der Waals surface area contributed by atoms with Crippen LogP contribution < -0.4 is 9.33 Å². The summed E-state index contributed by atoms with van der Waals surface area (Å²) in [5.74, 6) is 1.05. The maximum atomic E-state index is 5.99. The minimum absolute atomic E-state index is 1.05. The molecule has 1 aromatic carbocycles. The van der Waals surface area contributed by atoms with Crippen LogP contribution in [-0.2, 0) is 0 Å². The van der Waals surface area contributed by atoms with Crippen LogP contribution in [0.4, 0.5) is 5.69 Å². The number of fused-ring (bicyclic) bond motifs is 1. The molecule has 0 saturated carbocycles. The molecule has 0 aliphatic carbocycles. The van der Waals surface area contributed by atoms with Gasteiger partial charge in [0.15, 0.2) is 0 Å². The molecule has 0 bridgehead atoms. The fraction of sp³-hybridized carbons (Fsp3) is 0.400. The molecule has 1 aliphatic rings. The van der Waals surface area contributed by atoms with Crippen LogP contribution in [-0.4, -0.2) is 21.5 Å². The van der Waals surface area contributed by atoms with Crippen molar-refractivity contribution < 1.29 is 4.43 Å². The molecule has 0 spiro atoms. The molecule has 0 fully saturated rings. The average Bonchev–Trinajstić information content (AvgIpc) is 2.02. The predicted octanol–water partition coefficient (Wildman–Crippen LogP) is 2.26. The van der Waals surface area contributed by atoms with Gasteiger partial charge in [0.1, 0.15) is 5.75 Å². The molecule has 3 heteroatoms. The van der Waals surface area contributed by atoms with E-state index in [0.717, 1.165) is 11.9 Å². The normalized spacial score (nSPS) is 19.2. The average molecular weight is 193 g/mol. The summed E-state index contributed by atoms with van der Waals surface area (Å²) in [6, 6.07) is 8.25. The Bertz CT molecular complexity index is 324. The van der Waals surface area contributed by atoms with E-state index in [9.17, 15) is 0 Å². The summed E-state index contributed by atoms with van der Waals surface area (Å²) < 4.78 is 5.99. The van der Waals surface area contributed by atoms with Crippen LogP contribution in [0.1, 0.15) is 0 Å². The second-order valence-electron chi connectivity index (χ2n) is 4.19. The zero-order valence-corrected chi connectivity index (χ0v) is 9.37. The highest BCUT2D eigenvalue weighted by Crippen LogP contribution is 2.33. The largest absolute Gasteiger partial charge is 0.541 e. The summed E-state index contributed by atoms with van der Waals surface area (Å²) in [6.45, 7) is 4.50. The molecular weight excluding hydrogens is 178 g/mol. The van der Waals surface area contributed by atoms with E-state index >= 15 is 0 Å². The number of nitrogens with zero attached hydrogens (tertiary/aromatic N) is 1. The number of rotatable bonds is 0. The third kappa shape index (κ3) is 1.56. The van der Waals surface area contributed by atoms with Crippen molar-refractivity contribution in [2.24, 2.45) is 0 Å². The first-order chi connectivity index (χ1) is 6.08. The first-order valence-corrected chi connectivity index (χ1v) is 7.69. The van der Waals surface area contributed by atoms with Gasteiger partial charge in [-0.3, -0.25) is 0 Å². The Morgan fingerprint density at radius 1 is 1.31 bits per heavy atom. The lowest BCUT2D eigenvalue weighted by Gasteiger charge is -2.37. The van der Waals surface area contributed by atoms with Crippen molar-refractivity contribution in [1.82, 2.24) is 0 Å². The van der Waals surface area contributed by atoms with Gasteiger partial charge in [-0.05, 0) is 25.2 Å². The lowest BCUT2D eigenvalue weighted by atomic mass is 10.3. The van der Waals surface area contributed by atoms with Gasteiger partial charge in [-0.1, -0.05) is 12.1 Å². The Kier molecular flexibility index (Phi) is 1.84. The summed E-state index contributed by atoms with van der Waals surface area (Å²) in [5, 5.41) is 0. The van der Waals surface area contributed by atoms with Gasteiger partial charge in [-0.25, -0.2) is 0 Å². The first kappa shape index (κ1) is 8.63. The number of anilines is 1. The number of hydrogen-bond donors (Lipinski definition) is 0. The highest BCUT2D eigenvalue weighted by Gasteiger charge is 2.32. The smallest absolute Gasteiger partial charge is 0.264 e. The van der Waals surface area contributed by atoms with Gasteiger partial charge in [-0.15, -0.1) is 0 Å². The van der Waals surface area contributed by atoms with Crippen LogP contribution in [0.3, 0.4) is 0 Å². The van der Waals surface area contributed by atoms with Gasteiger partial charge >= 0.3 is 0 Å². The van der Waals surface area contributed by atoms with Gasteiger partial charge in [0, 0.05) is 13.2 Å². The molecule has 0 radical (unpaired) electrons. The van der Waals surface area contributed by atoms with Crippen molar-refractivity contribution in [1.29, 1.82) is 0 Å². The van der Waals surface area contributed by atoms with Crippen LogP contribution in [0.25, 0.3) is 0 Å². The third-order valence-electron chi connectivity index (χ3n) is 2.28. The van der Waals surface area contributed by atoms with E-state index in [1.54, 1.807) is 0 Å². The van der Waals surface area contributed by atoms with Gasteiger partial charge in [-0.2, -0.15) is 0 Å². The van der Waals surface area contributed by atoms with E-state index < -0.39 is 8.32 Å². The standard InChI is InChI=1S/C10H15NOSi/c1-11-8-13(2,3)12-10-7-5-4-6-9(10)11/h4-7H,8H2,1-3H3. The van der Waals surface area contributed by atoms with Crippen molar-refractivity contribution in [2.45, 2.75) is 13.1 Å². The molecular formula is C10H15NOSi. The maximum Gasteiger partial charge on any atom is 0.264 e. The molecule has 2 nitrogen and oxygen atoms in total. The number of para-hydroxylation sites is 2. The zero-order valence-electron chi connectivity index (χ0n) is 8.37. The lowest BCUT2D eigenvalue weighted by Crippen LogP contribution is -2.49. The summed E-state index contributed by atoms with van der Waals surface area (Å²) >= 11 is 0. The minimum atomic E-state index is -1.48. The third-order valence-corrected chi connectivity index (χ3v) is 4.29. The van der Waals surface area contributed by atoms with Crippen molar-refractivity contribution >= 4 is 14.0 Å². The van der Waals surface area contributed by atoms with Crippen molar-refractivity contribution in [3.63, 3.8) is 0 Å². The Morgan fingerprint density at radius 3 is 2.77 bits per heavy atom. The fourth-order valence-electron chi connectivity index (χ4n) is 1.85. The monoisotopic (exact) mass is 193 g/mol. The summed E-state index contributed by atoms with van der Waals surface area (Å²) in [7, 11) is 0.656. The van der Waals surface area contributed by atoms with Crippen molar-refractivity contribution in [2.75, 3.05) is 18.1 Å². The van der Waals surface area contributed by atoms with Crippen LogP contribution in [0.15, 0.2) is 24.3 Å². The Labute approximate surface area is 80.3 Å². The van der Waals surface area contributed by atoms with E-state index in [4.69, 9.17) is 4.43 Å². The highest BCUT2D eigenvalue weighted by atomic mass is 28.4. The lowest BCUT2D eigenvalue weighted by molar-refractivity contribution is 0.531. The Morgan fingerprint density at radius 2 is 2.00 bits per heavy atom. The van der Waals surface area contributed by atoms with Crippen LogP contribution in [0.5, 0.6) is 5.75 Å². The van der Waals surface area contributed by atoms with E-state index in [0.29, 0.717) is 0 Å². The maximum absolute atomic E-state index is 5.99. The second kappa shape index (κ2) is 2.77. The zero-order chi connectivity index (χ0) is 9.47. The van der Waals surface area contributed by atoms with Crippen LogP contribution >= 0.6 is 0 Å². The van der Waals surface area contributed by atoms with Gasteiger partial charge in [0.2, 0.25) is 0 Å². The van der Waals surface area contributed by atoms with Gasteiger partial charge < -0.3 is 9.33 Å². The summed E-state index contributed by atoms with van der Waals surface area (Å²) in [6.07, 6.45) is 1.07. The van der Waals surface area contributed by atoms with E-state index in [1.807, 2.05) is 6.07 Å². The Hall–Kier alpha value is -0.963. The quantitative estimate of drug-likeness (QED) is 0.586. The second-order valence-corrected chi connectivity index (χ2v) is 8.23. The Balaban J connectivity index is 2.43. The van der Waals surface area contributed by atoms with Crippen molar-refractivity contribution in [3.05, 3.63) is 24.3 Å². The summed E-state index contributed by atoms with van der Waals surface area (Å²) in [5.41, 5.74) is 1.22. The predicted molar refractivity (Wildman–Crippen MR) is 57.8 cm³/mol. The topological polar surface area (TPSA) is 12.5 Å². The first-order valence-electron chi connectivity index (χ1n) is 4.58. The van der Waals surface area contributed by atoms with E-state index in [-0.39, 0.29) is 0 Å². The molecule has 1 aromatic rings. The van der Waals surface area contributed by atoms with Crippen LogP contribution in [0, 0.1) is 0 Å². The van der Waals surface area contributed by atoms with Crippen molar-refractivity contribution in [3.8, 4) is 5.75 Å². The molecule has 13 heavy (non-hydrogen) atoms. The SMILES string of the molecule is CN1C[Si](C)(C)Oc2ccccc21. The molecule has 0 unspecified atom stereocenters. The molecule has 0 atom stereocenters. The molecule has 1 heterocycles. The highest BCUT2D eigenvalue weighted by molar-refractivity contribution is 6.73. The minimum Gasteiger partial charge on any atom is -0.541 e. The fourth-order valence-corrected chi connectivity index (χ4v) is 3.99. The van der Waals surface area contributed by atoms with Crippen LogP contribution in [0.2, 0.25) is 13.1 Å². The summed E-state index contributed by atoms with van der Waals surface area (Å²) in [4.78, 5) is 2.30. The number of benzene rings is 1. The number of hydrogen-bond acceptors (Lipinski definition) is 2. The molecule has 0 aromatic heterocycles. The van der Waals surface area contributed by atoms with E-state index in [1.165, 1.54) is 5.69 Å². The van der Waals surface area contributed by atoms with E-state index in [2.05, 4.69) is 43.2 Å². The molecule has 0 N–H and O–H groups in total. The molecule has 0 amide bonds. The molecule has 1 aliphatic heterocycles.